The molecular formula is C6H4NO4-. The molecule has 0 unspecified atom stereocenters. The first kappa shape index (κ1) is 7.33. The van der Waals surface area contributed by atoms with Gasteiger partial charge >= 0.3 is 5.97 Å². The maximum Gasteiger partial charge on any atom is 0.351 e. The highest BCUT2D eigenvalue weighted by Crippen LogP contribution is 2.05. The number of rotatable bonds is 1. The Bertz CT molecular complexity index is 341. The van der Waals surface area contributed by atoms with Crippen molar-refractivity contribution >= 4 is 5.97 Å². The lowest BCUT2D eigenvalue weighted by molar-refractivity contribution is -0.269. The highest BCUT2D eigenvalue weighted by atomic mass is 16.4. The summed E-state index contributed by atoms with van der Waals surface area (Å²) in [6.07, 6.45) is 0. The third-order valence-corrected chi connectivity index (χ3v) is 1.09. The molecule has 1 aromatic rings. The highest BCUT2D eigenvalue weighted by Gasteiger charge is 2.02. The number of aromatic carboxylic acids is 1. The minimum Gasteiger partial charge on any atom is -0.871 e. The second-order valence-corrected chi connectivity index (χ2v) is 1.87. The monoisotopic (exact) mass is 154 g/mol. The van der Waals surface area contributed by atoms with Gasteiger partial charge in [0.1, 0.15) is 5.69 Å². The van der Waals surface area contributed by atoms with Crippen molar-refractivity contribution in [3.05, 3.63) is 28.2 Å². The van der Waals surface area contributed by atoms with Crippen LogP contribution in [0.3, 0.4) is 0 Å². The fraction of sp³-hybridized carbons (Fsp3) is 0. The van der Waals surface area contributed by atoms with Crippen molar-refractivity contribution in [1.82, 2.24) is 4.98 Å². The fourth-order valence-corrected chi connectivity index (χ4v) is 0.620. The third kappa shape index (κ3) is 1.37. The van der Waals surface area contributed by atoms with Crippen LogP contribution < -0.4 is 10.7 Å². The zero-order valence-electron chi connectivity index (χ0n) is 5.33. The van der Waals surface area contributed by atoms with Crippen molar-refractivity contribution in [2.45, 2.75) is 0 Å². The highest BCUT2D eigenvalue weighted by molar-refractivity contribution is 5.87. The Labute approximate surface area is 60.9 Å². The molecule has 0 aromatic carbocycles. The van der Waals surface area contributed by atoms with E-state index in [9.17, 15) is 14.7 Å². The summed E-state index contributed by atoms with van der Waals surface area (Å²) in [5, 5.41) is 19.0. The predicted molar refractivity (Wildman–Crippen MR) is 33.5 cm³/mol. The number of carboxylic acid groups (broad SMARTS) is 1. The molecule has 0 aliphatic heterocycles. The number of nitrogens with one attached hydrogen (secondary N) is 1. The summed E-state index contributed by atoms with van der Waals surface area (Å²) in [4.78, 5) is 22.6. The number of aromatic amines is 1. The van der Waals surface area contributed by atoms with Gasteiger partial charge in [-0.1, -0.05) is 11.8 Å². The second-order valence-electron chi connectivity index (χ2n) is 1.87. The Kier molecular flexibility index (Phi) is 1.63. The summed E-state index contributed by atoms with van der Waals surface area (Å²) < 4.78 is 0. The van der Waals surface area contributed by atoms with Crippen molar-refractivity contribution in [3.63, 3.8) is 0 Å². The van der Waals surface area contributed by atoms with Crippen LogP contribution in [0, 0.1) is 0 Å². The van der Waals surface area contributed by atoms with Gasteiger partial charge in [0.15, 0.2) is 0 Å². The molecule has 0 fully saturated rings. The Morgan fingerprint density at radius 3 is 2.64 bits per heavy atom. The Morgan fingerprint density at radius 1 is 1.55 bits per heavy atom. The van der Waals surface area contributed by atoms with Gasteiger partial charge < -0.3 is 15.2 Å². The summed E-state index contributed by atoms with van der Waals surface area (Å²) in [7, 11) is 0. The van der Waals surface area contributed by atoms with E-state index in [1.807, 2.05) is 4.98 Å². The van der Waals surface area contributed by atoms with Crippen molar-refractivity contribution in [2.75, 3.05) is 0 Å². The minimum atomic E-state index is -1.42. The first-order valence-corrected chi connectivity index (χ1v) is 2.75. The van der Waals surface area contributed by atoms with E-state index in [0.717, 1.165) is 12.1 Å². The summed E-state index contributed by atoms with van der Waals surface area (Å²) in [6.45, 7) is 0. The molecule has 0 aliphatic carbocycles. The average molecular weight is 154 g/mol. The van der Waals surface area contributed by atoms with Crippen LogP contribution >= 0.6 is 0 Å². The van der Waals surface area contributed by atoms with E-state index >= 15 is 0 Å². The van der Waals surface area contributed by atoms with Gasteiger partial charge in [0.25, 0.3) is 0 Å². The van der Waals surface area contributed by atoms with Gasteiger partial charge in [-0.25, -0.2) is 4.79 Å². The molecule has 0 bridgehead atoms. The van der Waals surface area contributed by atoms with Gasteiger partial charge in [-0.05, 0) is 0 Å². The average Bonchev–Trinajstić information content (AvgIpc) is 1.94. The lowest BCUT2D eigenvalue weighted by atomic mass is 10.3. The van der Waals surface area contributed by atoms with Crippen molar-refractivity contribution in [2.24, 2.45) is 0 Å². The summed E-state index contributed by atoms with van der Waals surface area (Å²) >= 11 is 0. The molecule has 0 spiro atoms. The van der Waals surface area contributed by atoms with Gasteiger partial charge in [-0.15, -0.1) is 0 Å². The number of carbonyl (C=O) groups is 1. The topological polar surface area (TPSA) is 93.2 Å². The van der Waals surface area contributed by atoms with E-state index in [4.69, 9.17) is 5.11 Å². The molecule has 2 N–H and O–H groups in total. The number of carboxylic acids is 1. The smallest absolute Gasteiger partial charge is 0.351 e. The lowest BCUT2D eigenvalue weighted by Gasteiger charge is -2.06. The van der Waals surface area contributed by atoms with Gasteiger partial charge in [0.2, 0.25) is 5.56 Å². The van der Waals surface area contributed by atoms with Crippen LogP contribution in [-0.2, 0) is 0 Å². The minimum absolute atomic E-state index is 0.595. The molecule has 0 radical (unpaired) electrons. The van der Waals surface area contributed by atoms with E-state index < -0.39 is 23.0 Å². The molecule has 5 nitrogen and oxygen atoms in total. The van der Waals surface area contributed by atoms with Crippen LogP contribution in [0.15, 0.2) is 16.9 Å². The van der Waals surface area contributed by atoms with Crippen molar-refractivity contribution in [1.29, 1.82) is 0 Å². The molecule has 0 atom stereocenters. The molecule has 0 saturated carbocycles. The molecule has 0 amide bonds. The molecule has 1 rings (SSSR count). The maximum absolute atomic E-state index is 10.7. The van der Waals surface area contributed by atoms with Crippen LogP contribution in [0.5, 0.6) is 5.75 Å². The largest absolute Gasteiger partial charge is 0.871 e. The van der Waals surface area contributed by atoms with Crippen molar-refractivity contribution < 1.29 is 15.0 Å². The standard InChI is InChI=1S/C6H5NO4/c8-3-1-2-4(9)7-5(3)6(10)11/h1-2,8H,(H,7,9)(H,10,11)/p-1. The number of H-pyrrole nitrogens is 1. The molecule has 5 heteroatoms. The first-order chi connectivity index (χ1) is 5.11. The van der Waals surface area contributed by atoms with E-state index in [1.165, 1.54) is 0 Å². The Hall–Kier alpha value is -1.78. The number of aromatic nitrogens is 1. The number of hydrogen-bond donors (Lipinski definition) is 2. The predicted octanol–water partition coefficient (Wildman–Crippen LogP) is -0.853. The van der Waals surface area contributed by atoms with E-state index in [0.29, 0.717) is 0 Å². The Morgan fingerprint density at radius 2 is 2.18 bits per heavy atom. The zero-order valence-corrected chi connectivity index (χ0v) is 5.33. The number of hydrogen-bond acceptors (Lipinski definition) is 3. The van der Waals surface area contributed by atoms with Gasteiger partial charge in [-0.3, -0.25) is 4.79 Å². The quantitative estimate of drug-likeness (QED) is 0.550. The van der Waals surface area contributed by atoms with E-state index in [2.05, 4.69) is 0 Å². The molecule has 0 saturated heterocycles. The van der Waals surface area contributed by atoms with Crippen LogP contribution in [0.1, 0.15) is 10.5 Å². The van der Waals surface area contributed by atoms with Crippen LogP contribution in [0.2, 0.25) is 0 Å². The normalized spacial score (nSPS) is 9.45. The first-order valence-electron chi connectivity index (χ1n) is 2.75. The summed E-state index contributed by atoms with van der Waals surface area (Å²) in [5.74, 6) is -2.12. The van der Waals surface area contributed by atoms with Gasteiger partial charge in [-0.2, -0.15) is 0 Å². The third-order valence-electron chi connectivity index (χ3n) is 1.09. The zero-order chi connectivity index (χ0) is 8.43. The second kappa shape index (κ2) is 2.45. The van der Waals surface area contributed by atoms with Crippen molar-refractivity contribution in [3.8, 4) is 5.75 Å². The lowest BCUT2D eigenvalue weighted by Crippen LogP contribution is -2.14. The van der Waals surface area contributed by atoms with E-state index in [1.54, 1.807) is 0 Å². The van der Waals surface area contributed by atoms with Crippen LogP contribution in [0.25, 0.3) is 0 Å². The molecule has 1 aromatic heterocycles. The maximum atomic E-state index is 10.7. The number of pyridine rings is 1. The molecular weight excluding hydrogens is 150 g/mol. The molecule has 58 valence electrons. The van der Waals surface area contributed by atoms with Crippen LogP contribution in [0.4, 0.5) is 0 Å². The molecule has 0 aliphatic rings. The fourth-order valence-electron chi connectivity index (χ4n) is 0.620. The summed E-state index contributed by atoms with van der Waals surface area (Å²) in [5.41, 5.74) is -1.19. The molecule has 1 heterocycles. The van der Waals surface area contributed by atoms with Gasteiger partial charge in [0.05, 0.1) is 0 Å². The summed E-state index contributed by atoms with van der Waals surface area (Å²) in [6, 6.07) is 1.90. The van der Waals surface area contributed by atoms with E-state index in [-0.39, 0.29) is 0 Å². The Balaban J connectivity index is 3.35. The van der Waals surface area contributed by atoms with Gasteiger partial charge in [0, 0.05) is 6.07 Å². The SMILES string of the molecule is O=C(O)c1[nH]c(=O)ccc1[O-]. The molecule has 11 heavy (non-hydrogen) atoms. The van der Waals surface area contributed by atoms with Crippen LogP contribution in [-0.4, -0.2) is 16.1 Å².